The van der Waals surface area contributed by atoms with Crippen molar-refractivity contribution in [1.29, 1.82) is 0 Å². The molecule has 1 heterocycles. The summed E-state index contributed by atoms with van der Waals surface area (Å²) >= 11 is 6.65. The summed E-state index contributed by atoms with van der Waals surface area (Å²) in [5, 5.41) is 12.2. The maximum absolute atomic E-state index is 8.83. The minimum Gasteiger partial charge on any atom is -0.452 e. The summed E-state index contributed by atoms with van der Waals surface area (Å²) < 4.78 is 7.07. The number of aliphatic hydroxyl groups is 1. The van der Waals surface area contributed by atoms with Crippen LogP contribution in [-0.2, 0) is 6.54 Å². The molecule has 0 saturated carbocycles. The van der Waals surface area contributed by atoms with Gasteiger partial charge in [0, 0.05) is 12.6 Å². The summed E-state index contributed by atoms with van der Waals surface area (Å²) in [5.74, 6) is 0.880. The Labute approximate surface area is 106 Å². The standard InChI is InChI=1S/C10H15Br2NO2/c1-2-7(3-4-14)13-6-8-5-9(11)10(12)15-8/h5,7,13-14H,2-4,6H2,1H3. The normalized spacial score (nSPS) is 13.1. The zero-order chi connectivity index (χ0) is 11.3. The summed E-state index contributed by atoms with van der Waals surface area (Å²) in [6.07, 6.45) is 1.78. The number of hydrogen-bond acceptors (Lipinski definition) is 3. The Bertz CT molecular complexity index is 282. The summed E-state index contributed by atoms with van der Waals surface area (Å²) in [6, 6.07) is 2.28. The van der Waals surface area contributed by atoms with E-state index in [1.54, 1.807) is 0 Å². The van der Waals surface area contributed by atoms with Gasteiger partial charge in [-0.25, -0.2) is 0 Å². The van der Waals surface area contributed by atoms with Gasteiger partial charge in [-0.15, -0.1) is 0 Å². The predicted molar refractivity (Wildman–Crippen MR) is 66.7 cm³/mol. The van der Waals surface area contributed by atoms with Crippen LogP contribution in [0.3, 0.4) is 0 Å². The predicted octanol–water partition coefficient (Wildman–Crippen LogP) is 3.06. The van der Waals surface area contributed by atoms with Crippen molar-refractivity contribution in [3.63, 3.8) is 0 Å². The number of nitrogens with one attached hydrogen (secondary N) is 1. The SMILES string of the molecule is CCC(CCO)NCc1cc(Br)c(Br)o1. The quantitative estimate of drug-likeness (QED) is 0.836. The van der Waals surface area contributed by atoms with Crippen LogP contribution in [0.2, 0.25) is 0 Å². The van der Waals surface area contributed by atoms with Gasteiger partial charge in [-0.3, -0.25) is 0 Å². The molecule has 0 aromatic carbocycles. The molecule has 0 radical (unpaired) electrons. The van der Waals surface area contributed by atoms with Crippen molar-refractivity contribution in [2.75, 3.05) is 6.61 Å². The van der Waals surface area contributed by atoms with Crippen LogP contribution in [0.1, 0.15) is 25.5 Å². The first-order chi connectivity index (χ1) is 7.17. The molecule has 3 nitrogen and oxygen atoms in total. The first-order valence-electron chi connectivity index (χ1n) is 4.95. The molecule has 0 aliphatic rings. The molecule has 1 aromatic heterocycles. The van der Waals surface area contributed by atoms with E-state index in [4.69, 9.17) is 9.52 Å². The molecular formula is C10H15Br2NO2. The van der Waals surface area contributed by atoms with Gasteiger partial charge in [0.2, 0.25) is 0 Å². The van der Waals surface area contributed by atoms with Crippen molar-refractivity contribution in [2.24, 2.45) is 0 Å². The Balaban J connectivity index is 2.41. The number of furan rings is 1. The van der Waals surface area contributed by atoms with Crippen molar-refractivity contribution in [2.45, 2.75) is 32.4 Å². The molecule has 1 aromatic rings. The largest absolute Gasteiger partial charge is 0.452 e. The summed E-state index contributed by atoms with van der Waals surface area (Å²) in [7, 11) is 0. The Kier molecular flexibility index (Phi) is 5.89. The highest BCUT2D eigenvalue weighted by Gasteiger charge is 2.08. The van der Waals surface area contributed by atoms with E-state index in [0.717, 1.165) is 27.7 Å². The van der Waals surface area contributed by atoms with Gasteiger partial charge in [0.1, 0.15) is 5.76 Å². The second kappa shape index (κ2) is 6.68. The van der Waals surface area contributed by atoms with E-state index in [2.05, 4.69) is 44.1 Å². The molecule has 0 saturated heterocycles. The van der Waals surface area contributed by atoms with E-state index in [1.807, 2.05) is 6.07 Å². The zero-order valence-electron chi connectivity index (χ0n) is 8.59. The fourth-order valence-electron chi connectivity index (χ4n) is 1.33. The molecule has 1 atom stereocenters. The summed E-state index contributed by atoms with van der Waals surface area (Å²) in [5.41, 5.74) is 0. The van der Waals surface area contributed by atoms with Gasteiger partial charge in [0.15, 0.2) is 4.67 Å². The number of hydrogen-bond donors (Lipinski definition) is 2. The van der Waals surface area contributed by atoms with E-state index in [1.165, 1.54) is 0 Å². The van der Waals surface area contributed by atoms with Crippen LogP contribution in [0.25, 0.3) is 0 Å². The maximum Gasteiger partial charge on any atom is 0.183 e. The highest BCUT2D eigenvalue weighted by atomic mass is 79.9. The molecule has 0 aliphatic heterocycles. The van der Waals surface area contributed by atoms with Crippen LogP contribution in [0.4, 0.5) is 0 Å². The third kappa shape index (κ3) is 4.26. The third-order valence-corrected chi connectivity index (χ3v) is 3.94. The Morgan fingerprint density at radius 3 is 2.73 bits per heavy atom. The molecule has 5 heteroatoms. The number of aliphatic hydroxyl groups excluding tert-OH is 1. The second-order valence-corrected chi connectivity index (χ2v) is 4.91. The van der Waals surface area contributed by atoms with E-state index in [9.17, 15) is 0 Å². The van der Waals surface area contributed by atoms with Crippen LogP contribution >= 0.6 is 31.9 Å². The van der Waals surface area contributed by atoms with E-state index in [0.29, 0.717) is 12.6 Å². The molecule has 1 unspecified atom stereocenters. The molecule has 86 valence electrons. The van der Waals surface area contributed by atoms with Crippen LogP contribution < -0.4 is 5.32 Å². The Morgan fingerprint density at radius 1 is 1.53 bits per heavy atom. The number of halogens is 2. The van der Waals surface area contributed by atoms with Crippen molar-refractivity contribution >= 4 is 31.9 Å². The molecule has 15 heavy (non-hydrogen) atoms. The lowest BCUT2D eigenvalue weighted by atomic mass is 10.1. The second-order valence-electron chi connectivity index (χ2n) is 3.33. The van der Waals surface area contributed by atoms with Crippen LogP contribution in [0.5, 0.6) is 0 Å². The fourth-order valence-corrected chi connectivity index (χ4v) is 1.99. The number of rotatable bonds is 6. The van der Waals surface area contributed by atoms with Gasteiger partial charge in [-0.05, 0) is 50.8 Å². The average molecular weight is 341 g/mol. The lowest BCUT2D eigenvalue weighted by molar-refractivity contribution is 0.260. The summed E-state index contributed by atoms with van der Waals surface area (Å²) in [4.78, 5) is 0. The van der Waals surface area contributed by atoms with E-state index < -0.39 is 0 Å². The van der Waals surface area contributed by atoms with Crippen molar-refractivity contribution in [3.8, 4) is 0 Å². The summed E-state index contributed by atoms with van der Waals surface area (Å²) in [6.45, 7) is 3.00. The molecule has 0 fully saturated rings. The highest BCUT2D eigenvalue weighted by molar-refractivity contribution is 9.13. The first-order valence-corrected chi connectivity index (χ1v) is 6.54. The minimum absolute atomic E-state index is 0.219. The van der Waals surface area contributed by atoms with Crippen LogP contribution in [0, 0.1) is 0 Å². The fraction of sp³-hybridized carbons (Fsp3) is 0.600. The molecule has 1 rings (SSSR count). The molecule has 0 amide bonds. The van der Waals surface area contributed by atoms with Gasteiger partial charge in [0.25, 0.3) is 0 Å². The van der Waals surface area contributed by atoms with E-state index >= 15 is 0 Å². The topological polar surface area (TPSA) is 45.4 Å². The molecule has 2 N–H and O–H groups in total. The monoisotopic (exact) mass is 339 g/mol. The van der Waals surface area contributed by atoms with Crippen LogP contribution in [-0.4, -0.2) is 17.8 Å². The Hall–Kier alpha value is 0.160. The van der Waals surface area contributed by atoms with E-state index in [-0.39, 0.29) is 6.61 Å². The minimum atomic E-state index is 0.219. The van der Waals surface area contributed by atoms with Crippen molar-refractivity contribution in [1.82, 2.24) is 5.32 Å². The first kappa shape index (κ1) is 13.2. The smallest absolute Gasteiger partial charge is 0.183 e. The van der Waals surface area contributed by atoms with Crippen molar-refractivity contribution in [3.05, 3.63) is 21.0 Å². The third-order valence-electron chi connectivity index (χ3n) is 2.23. The molecule has 0 aliphatic carbocycles. The van der Waals surface area contributed by atoms with Gasteiger partial charge in [0.05, 0.1) is 11.0 Å². The van der Waals surface area contributed by atoms with Crippen molar-refractivity contribution < 1.29 is 9.52 Å². The molecule has 0 spiro atoms. The molecule has 0 bridgehead atoms. The lowest BCUT2D eigenvalue weighted by Gasteiger charge is -2.14. The Morgan fingerprint density at radius 2 is 2.27 bits per heavy atom. The highest BCUT2D eigenvalue weighted by Crippen LogP contribution is 2.26. The van der Waals surface area contributed by atoms with Gasteiger partial charge < -0.3 is 14.8 Å². The van der Waals surface area contributed by atoms with Gasteiger partial charge in [-0.1, -0.05) is 6.92 Å². The zero-order valence-corrected chi connectivity index (χ0v) is 11.8. The molecular weight excluding hydrogens is 326 g/mol. The van der Waals surface area contributed by atoms with Gasteiger partial charge >= 0.3 is 0 Å². The average Bonchev–Trinajstić information content (AvgIpc) is 2.53. The van der Waals surface area contributed by atoms with Gasteiger partial charge in [-0.2, -0.15) is 0 Å². The lowest BCUT2D eigenvalue weighted by Crippen LogP contribution is -2.28. The maximum atomic E-state index is 8.83. The van der Waals surface area contributed by atoms with Crippen LogP contribution in [0.15, 0.2) is 19.6 Å².